The zero-order valence-corrected chi connectivity index (χ0v) is 12.2. The lowest BCUT2D eigenvalue weighted by Crippen LogP contribution is -2.58. The van der Waals surface area contributed by atoms with Gasteiger partial charge in [0.1, 0.15) is 0 Å². The summed E-state index contributed by atoms with van der Waals surface area (Å²) in [6.07, 6.45) is 0. The Hall–Kier alpha value is 0.194. The highest BCUT2D eigenvalue weighted by molar-refractivity contribution is 6.71. The first-order valence-corrected chi connectivity index (χ1v) is 8.10. The molecule has 0 aromatic carbocycles. The maximum Gasteiger partial charge on any atom is 0.671 e. The van der Waals surface area contributed by atoms with Crippen molar-refractivity contribution in [2.45, 2.75) is 13.0 Å². The molecule has 0 unspecified atom stereocenters. The molecule has 0 radical (unpaired) electrons. The third-order valence-corrected chi connectivity index (χ3v) is 7.94. The predicted molar refractivity (Wildman–Crippen MR) is 58.1 cm³/mol. The molecule has 0 rings (SSSR count). The second kappa shape index (κ2) is 6.71. The molecule has 0 fully saturated rings. The molecule has 0 N–H and O–H groups in total. The first-order valence-electron chi connectivity index (χ1n) is 4.53. The van der Waals surface area contributed by atoms with Gasteiger partial charge in [0.25, 0.3) is 0 Å². The molecule has 0 amide bonds. The van der Waals surface area contributed by atoms with Crippen molar-refractivity contribution in [1.29, 1.82) is 0 Å². The van der Waals surface area contributed by atoms with E-state index in [1.165, 1.54) is 21.3 Å². The summed E-state index contributed by atoms with van der Waals surface area (Å²) in [4.78, 5) is 0. The van der Waals surface area contributed by atoms with Gasteiger partial charge in [0, 0.05) is 41.6 Å². The Morgan fingerprint density at radius 2 is 1.13 bits per heavy atom. The van der Waals surface area contributed by atoms with Crippen LogP contribution in [0.2, 0.25) is 6.04 Å². The smallest absolute Gasteiger partial charge is 0.377 e. The fraction of sp³-hybridized carbons (Fsp3) is 1.00. The molecule has 0 heterocycles. The second-order valence-electron chi connectivity index (χ2n) is 2.66. The van der Waals surface area contributed by atoms with E-state index in [-0.39, 0.29) is 0 Å². The molecule has 0 saturated heterocycles. The van der Waals surface area contributed by atoms with Gasteiger partial charge in [0.15, 0.2) is 0 Å². The van der Waals surface area contributed by atoms with Gasteiger partial charge in [-0.2, -0.15) is 0 Å². The Morgan fingerprint density at radius 3 is 1.33 bits per heavy atom. The lowest BCUT2D eigenvalue weighted by molar-refractivity contribution is 0.0150. The fourth-order valence-electron chi connectivity index (χ4n) is 1.09. The lowest BCUT2D eigenvalue weighted by atomic mass is 11.0. The molecule has 0 aliphatic heterocycles. The quantitative estimate of drug-likeness (QED) is 0.594. The highest BCUT2D eigenvalue weighted by Gasteiger charge is 2.53. The van der Waals surface area contributed by atoms with Crippen molar-refractivity contribution < 1.29 is 26.2 Å². The Bertz CT molecular complexity index is 136. The number of rotatable bonds is 8. The highest BCUT2D eigenvalue weighted by Crippen LogP contribution is 2.20. The fourth-order valence-corrected chi connectivity index (χ4v) is 6.10. The largest absolute Gasteiger partial charge is 0.671 e. The topological polar surface area (TPSA) is 55.4 Å². The molecule has 0 spiro atoms. The molecule has 0 atom stereocenters. The SMILES string of the molecule is CC[Si](OC)(OC)O[Si](OC)(OC)OC. The van der Waals surface area contributed by atoms with Crippen molar-refractivity contribution in [1.82, 2.24) is 0 Å². The van der Waals surface area contributed by atoms with Gasteiger partial charge in [-0.3, -0.25) is 0 Å². The van der Waals surface area contributed by atoms with Crippen LogP contribution >= 0.6 is 0 Å². The second-order valence-corrected chi connectivity index (χ2v) is 8.59. The van der Waals surface area contributed by atoms with Gasteiger partial charge in [0.2, 0.25) is 0 Å². The van der Waals surface area contributed by atoms with Crippen LogP contribution < -0.4 is 0 Å². The van der Waals surface area contributed by atoms with Crippen LogP contribution in [0.1, 0.15) is 6.92 Å². The van der Waals surface area contributed by atoms with Gasteiger partial charge in [-0.25, -0.2) is 0 Å². The number of hydrogen-bond acceptors (Lipinski definition) is 6. The number of hydrogen-bond donors (Lipinski definition) is 0. The first kappa shape index (κ1) is 15.2. The van der Waals surface area contributed by atoms with Gasteiger partial charge >= 0.3 is 17.9 Å². The molecular formula is C7H20O6Si2. The van der Waals surface area contributed by atoms with Crippen LogP contribution in [0.15, 0.2) is 0 Å². The molecule has 8 heteroatoms. The summed E-state index contributed by atoms with van der Waals surface area (Å²) in [6.45, 7) is 1.92. The molecule has 92 valence electrons. The minimum Gasteiger partial charge on any atom is -0.377 e. The van der Waals surface area contributed by atoms with E-state index in [1.807, 2.05) is 6.92 Å². The van der Waals surface area contributed by atoms with E-state index in [0.29, 0.717) is 6.04 Å². The zero-order chi connectivity index (χ0) is 11.9. The summed E-state index contributed by atoms with van der Waals surface area (Å²) in [5.41, 5.74) is 0. The zero-order valence-electron chi connectivity index (χ0n) is 10.2. The van der Waals surface area contributed by atoms with Crippen molar-refractivity contribution in [3.63, 3.8) is 0 Å². The van der Waals surface area contributed by atoms with Crippen LogP contribution in [0.25, 0.3) is 0 Å². The minimum atomic E-state index is -3.10. The summed E-state index contributed by atoms with van der Waals surface area (Å²) >= 11 is 0. The van der Waals surface area contributed by atoms with E-state index in [2.05, 4.69) is 0 Å². The average Bonchev–Trinajstić information content (AvgIpc) is 2.33. The van der Waals surface area contributed by atoms with Gasteiger partial charge < -0.3 is 26.2 Å². The molecular weight excluding hydrogens is 236 g/mol. The standard InChI is InChI=1S/C7H20O6Si2/c1-7-14(8-2,9-3)13-15(10-4,11-5)12-6/h7H2,1-6H3. The van der Waals surface area contributed by atoms with Gasteiger partial charge in [-0.1, -0.05) is 6.92 Å². The average molecular weight is 256 g/mol. The molecule has 0 saturated carbocycles. The van der Waals surface area contributed by atoms with Crippen LogP contribution in [0.4, 0.5) is 0 Å². The molecule has 6 nitrogen and oxygen atoms in total. The third kappa shape index (κ3) is 3.61. The van der Waals surface area contributed by atoms with E-state index in [1.54, 1.807) is 14.2 Å². The third-order valence-electron chi connectivity index (χ3n) is 2.09. The first-order chi connectivity index (χ1) is 7.07. The molecule has 0 aromatic heterocycles. The Kier molecular flexibility index (Phi) is 6.79. The molecule has 0 aliphatic rings. The predicted octanol–water partition coefficient (Wildman–Crippen LogP) is 0.629. The minimum absolute atomic E-state index is 0.616. The summed E-state index contributed by atoms with van der Waals surface area (Å²) in [5, 5.41) is 0. The van der Waals surface area contributed by atoms with Crippen LogP contribution in [-0.2, 0) is 26.2 Å². The Balaban J connectivity index is 4.74. The Morgan fingerprint density at radius 1 is 0.733 bits per heavy atom. The van der Waals surface area contributed by atoms with Crippen molar-refractivity contribution in [3.8, 4) is 0 Å². The van der Waals surface area contributed by atoms with E-state index in [4.69, 9.17) is 26.2 Å². The Labute approximate surface area is 93.2 Å². The van der Waals surface area contributed by atoms with Crippen LogP contribution in [0.3, 0.4) is 0 Å². The van der Waals surface area contributed by atoms with Crippen LogP contribution in [0, 0.1) is 0 Å². The lowest BCUT2D eigenvalue weighted by Gasteiger charge is -2.32. The van der Waals surface area contributed by atoms with Gasteiger partial charge in [0.05, 0.1) is 0 Å². The maximum atomic E-state index is 5.69. The van der Waals surface area contributed by atoms with Crippen LogP contribution in [0.5, 0.6) is 0 Å². The summed E-state index contributed by atoms with van der Waals surface area (Å²) in [6, 6.07) is 0.616. The molecule has 0 bridgehead atoms. The van der Waals surface area contributed by atoms with E-state index in [9.17, 15) is 0 Å². The molecule has 0 aromatic rings. The van der Waals surface area contributed by atoms with Gasteiger partial charge in [-0.15, -0.1) is 0 Å². The van der Waals surface area contributed by atoms with E-state index < -0.39 is 17.9 Å². The van der Waals surface area contributed by atoms with Crippen molar-refractivity contribution in [3.05, 3.63) is 0 Å². The van der Waals surface area contributed by atoms with Crippen molar-refractivity contribution >= 4 is 17.9 Å². The van der Waals surface area contributed by atoms with Crippen LogP contribution in [-0.4, -0.2) is 53.4 Å². The highest BCUT2D eigenvalue weighted by atomic mass is 28.5. The maximum absolute atomic E-state index is 5.69. The normalized spacial score (nSPS) is 13.2. The summed E-state index contributed by atoms with van der Waals surface area (Å²) in [5.74, 6) is 0. The van der Waals surface area contributed by atoms with Crippen molar-refractivity contribution in [2.75, 3.05) is 35.5 Å². The van der Waals surface area contributed by atoms with E-state index in [0.717, 1.165) is 0 Å². The van der Waals surface area contributed by atoms with Gasteiger partial charge in [-0.05, 0) is 0 Å². The monoisotopic (exact) mass is 256 g/mol. The summed E-state index contributed by atoms with van der Waals surface area (Å²) in [7, 11) is 1.66. The molecule has 15 heavy (non-hydrogen) atoms. The van der Waals surface area contributed by atoms with E-state index >= 15 is 0 Å². The molecule has 0 aliphatic carbocycles. The summed E-state index contributed by atoms with van der Waals surface area (Å²) < 4.78 is 31.7. The van der Waals surface area contributed by atoms with Crippen molar-refractivity contribution in [2.24, 2.45) is 0 Å².